The molecule has 1 amide bonds. The van der Waals surface area contributed by atoms with Crippen molar-refractivity contribution in [1.29, 1.82) is 0 Å². The fourth-order valence-corrected chi connectivity index (χ4v) is 3.21. The van der Waals surface area contributed by atoms with Crippen LogP contribution in [0.15, 0.2) is 42.5 Å². The molecule has 1 saturated carbocycles. The maximum atomic E-state index is 11.5. The van der Waals surface area contributed by atoms with Gasteiger partial charge in [0, 0.05) is 24.9 Å². The van der Waals surface area contributed by atoms with Crippen molar-refractivity contribution in [3.05, 3.63) is 53.6 Å². The smallest absolute Gasteiger partial charge is 0.274 e. The number of H-pyrrole nitrogens is 1. The summed E-state index contributed by atoms with van der Waals surface area (Å²) in [6.45, 7) is 1.14. The molecule has 27 heavy (non-hydrogen) atoms. The van der Waals surface area contributed by atoms with Crippen LogP contribution in [0.4, 0.5) is 11.6 Å². The minimum Gasteiger partial charge on any atom is -0.383 e. The molecule has 1 fully saturated rings. The number of benzene rings is 2. The van der Waals surface area contributed by atoms with Gasteiger partial charge < -0.3 is 14.6 Å². The van der Waals surface area contributed by atoms with E-state index in [1.54, 1.807) is 24.7 Å². The first-order valence-corrected chi connectivity index (χ1v) is 9.00. The minimum absolute atomic E-state index is 0.381. The van der Waals surface area contributed by atoms with Crippen molar-refractivity contribution in [2.24, 2.45) is 0 Å². The molecule has 1 heterocycles. The van der Waals surface area contributed by atoms with E-state index in [0.717, 1.165) is 22.7 Å². The number of aromatic amines is 1. The summed E-state index contributed by atoms with van der Waals surface area (Å²) in [5.41, 5.74) is 6.21. The number of hydrogen-bond donors (Lipinski definition) is 3. The first-order chi connectivity index (χ1) is 13.2. The molecule has 0 atom stereocenters. The van der Waals surface area contributed by atoms with E-state index in [1.807, 2.05) is 17.0 Å². The number of amides is 1. The zero-order valence-corrected chi connectivity index (χ0v) is 15.1. The number of nitrogens with one attached hydrogen (secondary N) is 2. The van der Waals surface area contributed by atoms with Gasteiger partial charge in [-0.2, -0.15) is 0 Å². The average Bonchev–Trinajstić information content (AvgIpc) is 3.47. The predicted octanol–water partition coefficient (Wildman–Crippen LogP) is 3.34. The summed E-state index contributed by atoms with van der Waals surface area (Å²) in [5, 5.41) is 8.77. The van der Waals surface area contributed by atoms with Crippen LogP contribution in [0.3, 0.4) is 0 Å². The largest absolute Gasteiger partial charge is 0.383 e. The molecule has 3 aromatic rings. The molecule has 1 aliphatic carbocycles. The number of hydrogen-bond acceptors (Lipinski definition) is 5. The van der Waals surface area contributed by atoms with Gasteiger partial charge in [-0.15, -0.1) is 0 Å². The number of rotatable bonds is 7. The second-order valence-electron chi connectivity index (χ2n) is 6.74. The Morgan fingerprint density at radius 2 is 2.07 bits per heavy atom. The standard InChI is InChI=1S/C20H22N4O3/c1-27-11-10-24(16-7-4-14(5-8-16)19(25)23-26)20-21-17-9-6-15(13-2-3-13)12-18(17)22-20/h4-9,12-13,26H,2-3,10-11H2,1H3,(H,21,22)(H,23,25). The highest BCUT2D eigenvalue weighted by Gasteiger charge is 2.24. The molecule has 1 aromatic heterocycles. The summed E-state index contributed by atoms with van der Waals surface area (Å²) < 4.78 is 5.25. The molecule has 1 aliphatic rings. The lowest BCUT2D eigenvalue weighted by Gasteiger charge is -2.21. The van der Waals surface area contributed by atoms with Crippen molar-refractivity contribution in [3.8, 4) is 0 Å². The zero-order chi connectivity index (χ0) is 18.8. The van der Waals surface area contributed by atoms with Gasteiger partial charge in [-0.05, 0) is 60.7 Å². The molecule has 0 aliphatic heterocycles. The topological polar surface area (TPSA) is 90.5 Å². The van der Waals surface area contributed by atoms with Crippen molar-refractivity contribution < 1.29 is 14.7 Å². The molecule has 7 heteroatoms. The monoisotopic (exact) mass is 366 g/mol. The van der Waals surface area contributed by atoms with Gasteiger partial charge >= 0.3 is 0 Å². The van der Waals surface area contributed by atoms with Crippen molar-refractivity contribution >= 4 is 28.6 Å². The van der Waals surface area contributed by atoms with Gasteiger partial charge in [-0.3, -0.25) is 10.0 Å². The third-order valence-electron chi connectivity index (χ3n) is 4.86. The Bertz CT molecular complexity index is 948. The van der Waals surface area contributed by atoms with Gasteiger partial charge in [-0.1, -0.05) is 6.07 Å². The summed E-state index contributed by atoms with van der Waals surface area (Å²) in [4.78, 5) is 21.7. The summed E-state index contributed by atoms with van der Waals surface area (Å²) >= 11 is 0. The second kappa shape index (κ2) is 7.38. The van der Waals surface area contributed by atoms with Crippen LogP contribution in [0.2, 0.25) is 0 Å². The lowest BCUT2D eigenvalue weighted by Crippen LogP contribution is -2.23. The van der Waals surface area contributed by atoms with Crippen molar-refractivity contribution in [2.75, 3.05) is 25.2 Å². The van der Waals surface area contributed by atoms with Gasteiger partial charge in [-0.25, -0.2) is 10.5 Å². The fourth-order valence-electron chi connectivity index (χ4n) is 3.21. The number of ether oxygens (including phenoxy) is 1. The number of hydroxylamine groups is 1. The van der Waals surface area contributed by atoms with Gasteiger partial charge in [0.1, 0.15) is 0 Å². The highest BCUT2D eigenvalue weighted by atomic mass is 16.5. The zero-order valence-electron chi connectivity index (χ0n) is 15.1. The third-order valence-corrected chi connectivity index (χ3v) is 4.86. The van der Waals surface area contributed by atoms with Crippen LogP contribution in [0, 0.1) is 0 Å². The molecule has 4 rings (SSSR count). The van der Waals surface area contributed by atoms with E-state index in [1.165, 1.54) is 18.4 Å². The third kappa shape index (κ3) is 3.65. The fraction of sp³-hybridized carbons (Fsp3) is 0.300. The van der Waals surface area contributed by atoms with E-state index in [0.29, 0.717) is 24.6 Å². The Kier molecular flexibility index (Phi) is 4.79. The molecule has 0 unspecified atom stereocenters. The lowest BCUT2D eigenvalue weighted by atomic mass is 10.1. The normalized spacial score (nSPS) is 13.7. The van der Waals surface area contributed by atoms with Crippen LogP contribution < -0.4 is 10.4 Å². The maximum Gasteiger partial charge on any atom is 0.274 e. The predicted molar refractivity (Wildman–Crippen MR) is 103 cm³/mol. The Morgan fingerprint density at radius 3 is 2.74 bits per heavy atom. The van der Waals surface area contributed by atoms with Crippen LogP contribution in [-0.2, 0) is 4.74 Å². The number of carbonyl (C=O) groups excluding carboxylic acids is 1. The molecule has 0 spiro atoms. The first kappa shape index (κ1) is 17.5. The Balaban J connectivity index is 1.66. The van der Waals surface area contributed by atoms with Gasteiger partial charge in [0.15, 0.2) is 0 Å². The first-order valence-electron chi connectivity index (χ1n) is 9.00. The van der Waals surface area contributed by atoms with E-state index < -0.39 is 5.91 Å². The molecule has 2 aromatic carbocycles. The highest BCUT2D eigenvalue weighted by molar-refractivity contribution is 5.93. The molecule has 7 nitrogen and oxygen atoms in total. The maximum absolute atomic E-state index is 11.5. The molecular formula is C20H22N4O3. The molecule has 3 N–H and O–H groups in total. The van der Waals surface area contributed by atoms with E-state index in [9.17, 15) is 4.79 Å². The van der Waals surface area contributed by atoms with E-state index >= 15 is 0 Å². The minimum atomic E-state index is -0.540. The SMILES string of the molecule is COCCN(c1ccc(C(=O)NO)cc1)c1nc2ccc(C3CC3)cc2[nH]1. The molecule has 0 saturated heterocycles. The van der Waals surface area contributed by atoms with E-state index in [2.05, 4.69) is 23.2 Å². The number of aromatic nitrogens is 2. The molecule has 0 radical (unpaired) electrons. The quantitative estimate of drug-likeness (QED) is 0.441. The van der Waals surface area contributed by atoms with Crippen LogP contribution in [0.1, 0.15) is 34.7 Å². The van der Waals surface area contributed by atoms with Crippen LogP contribution in [0.5, 0.6) is 0 Å². The van der Waals surface area contributed by atoms with Crippen LogP contribution in [-0.4, -0.2) is 41.3 Å². The van der Waals surface area contributed by atoms with Crippen molar-refractivity contribution in [2.45, 2.75) is 18.8 Å². The lowest BCUT2D eigenvalue weighted by molar-refractivity contribution is 0.0706. The van der Waals surface area contributed by atoms with E-state index in [4.69, 9.17) is 14.9 Å². The van der Waals surface area contributed by atoms with Gasteiger partial charge in [0.05, 0.1) is 17.6 Å². The van der Waals surface area contributed by atoms with Gasteiger partial charge in [0.2, 0.25) is 5.95 Å². The van der Waals surface area contributed by atoms with E-state index in [-0.39, 0.29) is 0 Å². The van der Waals surface area contributed by atoms with Crippen LogP contribution >= 0.6 is 0 Å². The summed E-state index contributed by atoms with van der Waals surface area (Å²) in [6.07, 6.45) is 2.53. The number of nitrogens with zero attached hydrogens (tertiary/aromatic N) is 2. The van der Waals surface area contributed by atoms with Gasteiger partial charge in [0.25, 0.3) is 5.91 Å². The summed E-state index contributed by atoms with van der Waals surface area (Å²) in [6, 6.07) is 13.4. The van der Waals surface area contributed by atoms with Crippen molar-refractivity contribution in [3.63, 3.8) is 0 Å². The Hall–Kier alpha value is -2.90. The Labute approximate surface area is 156 Å². The average molecular weight is 366 g/mol. The van der Waals surface area contributed by atoms with Crippen LogP contribution in [0.25, 0.3) is 11.0 Å². The Morgan fingerprint density at radius 1 is 1.30 bits per heavy atom. The molecular weight excluding hydrogens is 344 g/mol. The number of carbonyl (C=O) groups is 1. The number of fused-ring (bicyclic) bond motifs is 1. The molecule has 0 bridgehead atoms. The highest BCUT2D eigenvalue weighted by Crippen LogP contribution is 2.41. The number of anilines is 2. The second-order valence-corrected chi connectivity index (χ2v) is 6.74. The number of imidazole rings is 1. The summed E-state index contributed by atoms with van der Waals surface area (Å²) in [7, 11) is 1.66. The molecule has 140 valence electrons. The number of methoxy groups -OCH3 is 1. The summed E-state index contributed by atoms with van der Waals surface area (Å²) in [5.74, 6) is 0.881. The van der Waals surface area contributed by atoms with Crippen molar-refractivity contribution in [1.82, 2.24) is 15.4 Å².